The molecule has 0 radical (unpaired) electrons. The van der Waals surface area contributed by atoms with Crippen LogP contribution in [0.25, 0.3) is 10.9 Å². The highest BCUT2D eigenvalue weighted by Crippen LogP contribution is 2.34. The van der Waals surface area contributed by atoms with E-state index in [-0.39, 0.29) is 21.1 Å². The highest BCUT2D eigenvalue weighted by Gasteiger charge is 2.30. The SMILES string of the molecule is Cc1c(Br)c2c(F)cccc2n1S(=O)(=O)c1ncn(S(=O)(=O)N(C)C)n1. The van der Waals surface area contributed by atoms with E-state index in [0.29, 0.717) is 4.09 Å². The van der Waals surface area contributed by atoms with Gasteiger partial charge in [-0.25, -0.2) is 13.3 Å². The molecule has 0 unspecified atom stereocenters. The smallest absolute Gasteiger partial charge is 0.234 e. The maximum absolute atomic E-state index is 14.1. The largest absolute Gasteiger partial charge is 0.323 e. The second kappa shape index (κ2) is 6.11. The zero-order valence-corrected chi connectivity index (χ0v) is 17.0. The van der Waals surface area contributed by atoms with E-state index in [1.165, 1.54) is 39.2 Å². The molecule has 0 aliphatic carbocycles. The summed E-state index contributed by atoms with van der Waals surface area (Å²) in [5.74, 6) is -0.597. The molecule has 0 atom stereocenters. The fourth-order valence-electron chi connectivity index (χ4n) is 2.37. The summed E-state index contributed by atoms with van der Waals surface area (Å²) in [6.45, 7) is 1.48. The molecule has 9 nitrogen and oxygen atoms in total. The number of aromatic nitrogens is 4. The lowest BCUT2D eigenvalue weighted by Gasteiger charge is -2.09. The first-order valence-electron chi connectivity index (χ1n) is 7.05. The van der Waals surface area contributed by atoms with E-state index in [0.717, 1.165) is 14.6 Å². The Morgan fingerprint density at radius 2 is 1.85 bits per heavy atom. The van der Waals surface area contributed by atoms with Gasteiger partial charge in [0.25, 0.3) is 5.16 Å². The van der Waals surface area contributed by atoms with Crippen LogP contribution in [0.2, 0.25) is 0 Å². The van der Waals surface area contributed by atoms with E-state index in [4.69, 9.17) is 0 Å². The molecule has 2 heterocycles. The summed E-state index contributed by atoms with van der Waals surface area (Å²) in [5.41, 5.74) is 0.290. The average Bonchev–Trinajstić information content (AvgIpc) is 3.13. The lowest BCUT2D eigenvalue weighted by atomic mass is 10.2. The summed E-state index contributed by atoms with van der Waals surface area (Å²) in [6, 6.07) is 4.01. The normalized spacial score (nSPS) is 13.0. The van der Waals surface area contributed by atoms with E-state index >= 15 is 0 Å². The summed E-state index contributed by atoms with van der Waals surface area (Å²) in [7, 11) is -5.84. The Kier molecular flexibility index (Phi) is 4.45. The van der Waals surface area contributed by atoms with E-state index < -0.39 is 31.2 Å². The maximum Gasteiger partial charge on any atom is 0.323 e. The topological polar surface area (TPSA) is 107 Å². The number of halogens is 2. The van der Waals surface area contributed by atoms with Crippen molar-refractivity contribution in [1.82, 2.24) is 22.4 Å². The lowest BCUT2D eigenvalue weighted by molar-refractivity contribution is 0.502. The minimum absolute atomic E-state index is 0.0844. The van der Waals surface area contributed by atoms with Crippen molar-refractivity contribution in [2.45, 2.75) is 12.1 Å². The molecule has 13 heteroatoms. The van der Waals surface area contributed by atoms with Gasteiger partial charge in [0, 0.05) is 19.8 Å². The van der Waals surface area contributed by atoms with Crippen LogP contribution in [0, 0.1) is 12.7 Å². The molecule has 0 bridgehead atoms. The molecule has 0 N–H and O–H groups in total. The fraction of sp³-hybridized carbons (Fsp3) is 0.231. The van der Waals surface area contributed by atoms with E-state index in [9.17, 15) is 21.2 Å². The van der Waals surface area contributed by atoms with Crippen molar-refractivity contribution in [3.05, 3.63) is 40.5 Å². The van der Waals surface area contributed by atoms with E-state index in [1.807, 2.05) is 0 Å². The minimum Gasteiger partial charge on any atom is -0.234 e. The van der Waals surface area contributed by atoms with Gasteiger partial charge in [0.15, 0.2) is 0 Å². The van der Waals surface area contributed by atoms with Gasteiger partial charge in [0.05, 0.1) is 15.4 Å². The number of hydrogen-bond acceptors (Lipinski definition) is 6. The van der Waals surface area contributed by atoms with Crippen molar-refractivity contribution in [1.29, 1.82) is 0 Å². The molecule has 0 fully saturated rings. The standard InChI is InChI=1S/C13H13BrFN5O4S2/c1-8-12(14)11-9(15)5-4-6-10(11)20(8)25(21,22)13-16-7-19(17-13)26(23,24)18(2)3/h4-7H,1-3H3. The molecule has 3 aromatic rings. The van der Waals surface area contributed by atoms with Gasteiger partial charge in [-0.3, -0.25) is 0 Å². The Hall–Kier alpha value is -1.83. The second-order valence-electron chi connectivity index (χ2n) is 5.49. The molecule has 0 spiro atoms. The van der Waals surface area contributed by atoms with Gasteiger partial charge < -0.3 is 0 Å². The summed E-state index contributed by atoms with van der Waals surface area (Å²) in [4.78, 5) is 3.62. The third-order valence-corrected chi connectivity index (χ3v) is 7.81. The fourth-order valence-corrected chi connectivity index (χ4v) is 5.19. The molecular weight excluding hydrogens is 453 g/mol. The monoisotopic (exact) mass is 465 g/mol. The first-order valence-corrected chi connectivity index (χ1v) is 10.7. The molecule has 26 heavy (non-hydrogen) atoms. The average molecular weight is 466 g/mol. The van der Waals surface area contributed by atoms with Crippen molar-refractivity contribution in [2.24, 2.45) is 0 Å². The Morgan fingerprint density at radius 1 is 1.19 bits per heavy atom. The van der Waals surface area contributed by atoms with Crippen LogP contribution in [-0.2, 0) is 20.2 Å². The van der Waals surface area contributed by atoms with Crippen LogP contribution in [-0.4, -0.2) is 53.4 Å². The number of nitrogens with zero attached hydrogens (tertiary/aromatic N) is 5. The zero-order chi connectivity index (χ0) is 19.4. The zero-order valence-electron chi connectivity index (χ0n) is 13.8. The van der Waals surface area contributed by atoms with Crippen molar-refractivity contribution in [3.63, 3.8) is 0 Å². The van der Waals surface area contributed by atoms with E-state index in [1.54, 1.807) is 0 Å². The molecule has 0 amide bonds. The highest BCUT2D eigenvalue weighted by atomic mass is 79.9. The Labute approximate surface area is 157 Å². The molecule has 1 aromatic carbocycles. The quantitative estimate of drug-likeness (QED) is 0.575. The molecule has 3 rings (SSSR count). The molecule has 2 aromatic heterocycles. The first kappa shape index (κ1) is 18.9. The Morgan fingerprint density at radius 3 is 2.46 bits per heavy atom. The lowest BCUT2D eigenvalue weighted by Crippen LogP contribution is -2.29. The summed E-state index contributed by atoms with van der Waals surface area (Å²) < 4.78 is 66.7. The van der Waals surface area contributed by atoms with Crippen LogP contribution in [0.5, 0.6) is 0 Å². The predicted molar refractivity (Wildman–Crippen MR) is 94.9 cm³/mol. The third-order valence-electron chi connectivity index (χ3n) is 3.67. The van der Waals surface area contributed by atoms with Crippen molar-refractivity contribution in [2.75, 3.05) is 14.1 Å². The minimum atomic E-state index is -4.36. The van der Waals surface area contributed by atoms with Gasteiger partial charge in [-0.15, -0.1) is 9.19 Å². The van der Waals surface area contributed by atoms with Crippen LogP contribution < -0.4 is 0 Å². The number of hydrogen-bond donors (Lipinski definition) is 0. The Balaban J connectivity index is 2.26. The Bertz CT molecular complexity index is 1230. The summed E-state index contributed by atoms with van der Waals surface area (Å²) in [6.07, 6.45) is 0.791. The van der Waals surface area contributed by atoms with Crippen LogP contribution in [0.4, 0.5) is 4.39 Å². The number of benzene rings is 1. The number of fused-ring (bicyclic) bond motifs is 1. The van der Waals surface area contributed by atoms with Gasteiger partial charge in [0.1, 0.15) is 12.1 Å². The highest BCUT2D eigenvalue weighted by molar-refractivity contribution is 9.10. The van der Waals surface area contributed by atoms with Gasteiger partial charge in [-0.2, -0.15) is 21.1 Å². The van der Waals surface area contributed by atoms with Gasteiger partial charge in [0.2, 0.25) is 0 Å². The summed E-state index contributed by atoms with van der Waals surface area (Å²) in [5, 5.41) is 2.96. The van der Waals surface area contributed by atoms with Crippen LogP contribution >= 0.6 is 15.9 Å². The molecule has 0 aliphatic heterocycles. The van der Waals surface area contributed by atoms with E-state index in [2.05, 4.69) is 26.0 Å². The number of rotatable bonds is 4. The van der Waals surface area contributed by atoms with Crippen molar-refractivity contribution < 1.29 is 21.2 Å². The van der Waals surface area contributed by atoms with Gasteiger partial charge in [-0.1, -0.05) is 6.07 Å². The molecule has 0 aliphatic rings. The molecule has 140 valence electrons. The van der Waals surface area contributed by atoms with Gasteiger partial charge >= 0.3 is 20.2 Å². The predicted octanol–water partition coefficient (Wildman–Crippen LogP) is 1.33. The van der Waals surface area contributed by atoms with Crippen LogP contribution in [0.3, 0.4) is 0 Å². The molecule has 0 saturated heterocycles. The third kappa shape index (κ3) is 2.66. The molecule has 0 saturated carbocycles. The second-order valence-corrected chi connectivity index (χ2v) is 9.97. The summed E-state index contributed by atoms with van der Waals surface area (Å²) >= 11 is 3.20. The molecular formula is C13H13BrFN5O4S2. The van der Waals surface area contributed by atoms with Crippen LogP contribution in [0.15, 0.2) is 34.2 Å². The van der Waals surface area contributed by atoms with Crippen LogP contribution in [0.1, 0.15) is 5.69 Å². The van der Waals surface area contributed by atoms with Crippen molar-refractivity contribution in [3.8, 4) is 0 Å². The van der Waals surface area contributed by atoms with Crippen molar-refractivity contribution >= 4 is 47.1 Å². The maximum atomic E-state index is 14.1. The van der Waals surface area contributed by atoms with Gasteiger partial charge in [-0.05, 0) is 35.0 Å². The first-order chi connectivity index (χ1) is 12.0.